The minimum Gasteiger partial charge on any atom is -0.466 e. The Morgan fingerprint density at radius 3 is 2.57 bits per heavy atom. The van der Waals surface area contributed by atoms with E-state index in [1.807, 2.05) is 6.08 Å². The van der Waals surface area contributed by atoms with Gasteiger partial charge in [0.1, 0.15) is 0 Å². The van der Waals surface area contributed by atoms with Crippen LogP contribution < -0.4 is 0 Å². The summed E-state index contributed by atoms with van der Waals surface area (Å²) in [7, 11) is 0. The van der Waals surface area contributed by atoms with Crippen LogP contribution in [-0.2, 0) is 9.53 Å². The first-order valence-corrected chi connectivity index (χ1v) is 5.31. The van der Waals surface area contributed by atoms with Gasteiger partial charge in [-0.05, 0) is 18.3 Å². The third kappa shape index (κ3) is 5.79. The highest BCUT2D eigenvalue weighted by Crippen LogP contribution is 2.29. The van der Waals surface area contributed by atoms with Crippen LogP contribution in [-0.4, -0.2) is 12.6 Å². The van der Waals surface area contributed by atoms with Gasteiger partial charge in [-0.2, -0.15) is 0 Å². The second-order valence-corrected chi connectivity index (χ2v) is 4.05. The largest absolute Gasteiger partial charge is 0.466 e. The number of carbonyl (C=O) groups excluding carboxylic acids is 1. The SMILES string of the molecule is C=C[C@](C)(CCCC)CCOC(C)=O. The number of allylic oxidation sites excluding steroid dienone is 1. The van der Waals surface area contributed by atoms with Crippen molar-refractivity contribution in [3.05, 3.63) is 12.7 Å². The molecule has 0 unspecified atom stereocenters. The van der Waals surface area contributed by atoms with E-state index in [-0.39, 0.29) is 11.4 Å². The first kappa shape index (κ1) is 13.2. The van der Waals surface area contributed by atoms with E-state index in [0.29, 0.717) is 6.61 Å². The molecule has 0 aromatic heterocycles. The molecule has 0 aliphatic carbocycles. The molecular formula is C12H22O2. The molecule has 0 rings (SSSR count). The van der Waals surface area contributed by atoms with Crippen molar-refractivity contribution in [1.82, 2.24) is 0 Å². The maximum Gasteiger partial charge on any atom is 0.302 e. The zero-order valence-electron chi connectivity index (χ0n) is 9.64. The molecule has 0 aliphatic rings. The lowest BCUT2D eigenvalue weighted by molar-refractivity contribution is -0.141. The first-order chi connectivity index (χ1) is 6.54. The van der Waals surface area contributed by atoms with Crippen LogP contribution in [0.5, 0.6) is 0 Å². The fourth-order valence-corrected chi connectivity index (χ4v) is 1.34. The lowest BCUT2D eigenvalue weighted by Gasteiger charge is -2.25. The summed E-state index contributed by atoms with van der Waals surface area (Å²) in [5, 5.41) is 0. The fourth-order valence-electron chi connectivity index (χ4n) is 1.34. The van der Waals surface area contributed by atoms with Gasteiger partial charge in [0, 0.05) is 6.92 Å². The maximum absolute atomic E-state index is 10.6. The number of hydrogen-bond donors (Lipinski definition) is 0. The summed E-state index contributed by atoms with van der Waals surface area (Å²) in [5.74, 6) is -0.202. The van der Waals surface area contributed by atoms with Crippen LogP contribution in [0.4, 0.5) is 0 Å². The van der Waals surface area contributed by atoms with Crippen molar-refractivity contribution in [2.75, 3.05) is 6.61 Å². The van der Waals surface area contributed by atoms with Crippen LogP contribution in [0.1, 0.15) is 46.5 Å². The van der Waals surface area contributed by atoms with Crippen LogP contribution in [0.15, 0.2) is 12.7 Å². The third-order valence-corrected chi connectivity index (χ3v) is 2.57. The standard InChI is InChI=1S/C12H22O2/c1-5-7-8-12(4,6-2)9-10-14-11(3)13/h6H,2,5,7-10H2,1,3-4H3/t12-/m1/s1. The Kier molecular flexibility index (Phi) is 6.26. The average molecular weight is 198 g/mol. The summed E-state index contributed by atoms with van der Waals surface area (Å²) >= 11 is 0. The normalized spacial score (nSPS) is 14.5. The molecule has 2 heteroatoms. The fraction of sp³-hybridized carbons (Fsp3) is 0.750. The third-order valence-electron chi connectivity index (χ3n) is 2.57. The Morgan fingerprint density at radius 1 is 1.50 bits per heavy atom. The van der Waals surface area contributed by atoms with Crippen molar-refractivity contribution >= 4 is 5.97 Å². The summed E-state index contributed by atoms with van der Waals surface area (Å²) in [6.07, 6.45) is 6.36. The van der Waals surface area contributed by atoms with Crippen molar-refractivity contribution in [3.63, 3.8) is 0 Å². The number of unbranched alkanes of at least 4 members (excludes halogenated alkanes) is 1. The van der Waals surface area contributed by atoms with Crippen molar-refractivity contribution in [1.29, 1.82) is 0 Å². The average Bonchev–Trinajstić information content (AvgIpc) is 2.14. The highest BCUT2D eigenvalue weighted by Gasteiger charge is 2.19. The number of esters is 1. The van der Waals surface area contributed by atoms with E-state index in [1.165, 1.54) is 19.8 Å². The Bertz CT molecular complexity index is 187. The van der Waals surface area contributed by atoms with E-state index in [4.69, 9.17) is 4.74 Å². The number of carbonyl (C=O) groups is 1. The molecule has 0 aromatic carbocycles. The Hall–Kier alpha value is -0.790. The lowest BCUT2D eigenvalue weighted by Crippen LogP contribution is -2.16. The summed E-state index contributed by atoms with van der Waals surface area (Å²) in [6, 6.07) is 0. The molecule has 0 aliphatic heterocycles. The molecule has 0 amide bonds. The van der Waals surface area contributed by atoms with Crippen molar-refractivity contribution in [2.24, 2.45) is 5.41 Å². The Balaban J connectivity index is 3.85. The zero-order valence-corrected chi connectivity index (χ0v) is 9.64. The molecule has 14 heavy (non-hydrogen) atoms. The van der Waals surface area contributed by atoms with Crippen LogP contribution >= 0.6 is 0 Å². The van der Waals surface area contributed by atoms with Crippen molar-refractivity contribution in [3.8, 4) is 0 Å². The van der Waals surface area contributed by atoms with Gasteiger partial charge in [-0.15, -0.1) is 6.58 Å². The van der Waals surface area contributed by atoms with Gasteiger partial charge in [0.2, 0.25) is 0 Å². The second kappa shape index (κ2) is 6.63. The highest BCUT2D eigenvalue weighted by atomic mass is 16.5. The van der Waals surface area contributed by atoms with Crippen LogP contribution in [0.2, 0.25) is 0 Å². The van der Waals surface area contributed by atoms with Gasteiger partial charge in [-0.25, -0.2) is 0 Å². The minimum absolute atomic E-state index is 0.117. The number of rotatable bonds is 7. The molecule has 0 N–H and O–H groups in total. The van der Waals surface area contributed by atoms with Gasteiger partial charge in [0.25, 0.3) is 0 Å². The molecule has 0 bridgehead atoms. The van der Waals surface area contributed by atoms with Gasteiger partial charge in [-0.3, -0.25) is 4.79 Å². The van der Waals surface area contributed by atoms with Crippen LogP contribution in [0, 0.1) is 5.41 Å². The molecule has 0 fully saturated rings. The predicted molar refractivity (Wildman–Crippen MR) is 59.1 cm³/mol. The van der Waals surface area contributed by atoms with Crippen molar-refractivity contribution < 1.29 is 9.53 Å². The summed E-state index contributed by atoms with van der Waals surface area (Å²) in [5.41, 5.74) is 0.117. The van der Waals surface area contributed by atoms with Crippen LogP contribution in [0.3, 0.4) is 0 Å². The van der Waals surface area contributed by atoms with Gasteiger partial charge in [0.15, 0.2) is 0 Å². The monoisotopic (exact) mass is 198 g/mol. The highest BCUT2D eigenvalue weighted by molar-refractivity contribution is 5.65. The van der Waals surface area contributed by atoms with Gasteiger partial charge in [-0.1, -0.05) is 32.8 Å². The number of ether oxygens (including phenoxy) is 1. The predicted octanol–water partition coefficient (Wildman–Crippen LogP) is 3.32. The molecular weight excluding hydrogens is 176 g/mol. The molecule has 82 valence electrons. The van der Waals surface area contributed by atoms with Gasteiger partial charge in [0.05, 0.1) is 6.61 Å². The molecule has 0 aromatic rings. The van der Waals surface area contributed by atoms with Gasteiger partial charge < -0.3 is 4.74 Å². The number of hydrogen-bond acceptors (Lipinski definition) is 2. The first-order valence-electron chi connectivity index (χ1n) is 5.31. The Labute approximate surface area is 87.3 Å². The smallest absolute Gasteiger partial charge is 0.302 e. The summed E-state index contributed by atoms with van der Waals surface area (Å²) < 4.78 is 4.93. The summed E-state index contributed by atoms with van der Waals surface area (Å²) in [6.45, 7) is 10.1. The van der Waals surface area contributed by atoms with E-state index in [9.17, 15) is 4.79 Å². The molecule has 0 heterocycles. The second-order valence-electron chi connectivity index (χ2n) is 4.05. The minimum atomic E-state index is -0.202. The lowest BCUT2D eigenvalue weighted by atomic mass is 9.82. The quantitative estimate of drug-likeness (QED) is 0.463. The molecule has 0 saturated carbocycles. The molecule has 1 atom stereocenters. The van der Waals surface area contributed by atoms with Gasteiger partial charge >= 0.3 is 5.97 Å². The molecule has 2 nitrogen and oxygen atoms in total. The van der Waals surface area contributed by atoms with E-state index in [2.05, 4.69) is 20.4 Å². The Morgan fingerprint density at radius 2 is 2.14 bits per heavy atom. The van der Waals surface area contributed by atoms with Crippen LogP contribution in [0.25, 0.3) is 0 Å². The van der Waals surface area contributed by atoms with E-state index in [1.54, 1.807) is 0 Å². The molecule has 0 saturated heterocycles. The molecule has 0 radical (unpaired) electrons. The van der Waals surface area contributed by atoms with E-state index in [0.717, 1.165) is 12.8 Å². The summed E-state index contributed by atoms with van der Waals surface area (Å²) in [4.78, 5) is 10.6. The van der Waals surface area contributed by atoms with E-state index < -0.39 is 0 Å². The van der Waals surface area contributed by atoms with E-state index >= 15 is 0 Å². The molecule has 0 spiro atoms. The zero-order chi connectivity index (χ0) is 11.0. The topological polar surface area (TPSA) is 26.3 Å². The maximum atomic E-state index is 10.6. The van der Waals surface area contributed by atoms with Crippen molar-refractivity contribution in [2.45, 2.75) is 46.5 Å².